The molecule has 0 aromatic rings. The van der Waals surface area contributed by atoms with Crippen molar-refractivity contribution >= 4 is 29.0 Å². The van der Waals surface area contributed by atoms with E-state index < -0.39 is 15.2 Å². The predicted molar refractivity (Wildman–Crippen MR) is 181 cm³/mol. The number of hydrogen-bond donors (Lipinski definition) is 0. The first-order chi connectivity index (χ1) is 20.4. The van der Waals surface area contributed by atoms with E-state index in [-0.39, 0.29) is 0 Å². The fraction of sp³-hybridized carbons (Fsp3) is 0.974. The van der Waals surface area contributed by atoms with Gasteiger partial charge in [-0.05, 0) is 113 Å². The summed E-state index contributed by atoms with van der Waals surface area (Å²) in [6.07, 6.45) is 35.6. The zero-order valence-electron chi connectivity index (χ0n) is 27.7. The van der Waals surface area contributed by atoms with Crippen molar-refractivity contribution in [1.29, 1.82) is 0 Å². The average Bonchev–Trinajstić information content (AvgIpc) is 3.03. The normalized spacial score (nSPS) is 40.3. The summed E-state index contributed by atoms with van der Waals surface area (Å²) in [4.78, 5) is 14.1. The third-order valence-corrected chi connectivity index (χ3v) is 15.6. The topological polar surface area (TPSA) is 17.1 Å². The number of halogens is 2. The van der Waals surface area contributed by atoms with E-state index in [1.54, 1.807) is 0 Å². The summed E-state index contributed by atoms with van der Waals surface area (Å²) in [5.41, 5.74) is -0.878. The molecule has 3 heteroatoms. The molecule has 242 valence electrons. The van der Waals surface area contributed by atoms with Gasteiger partial charge in [0.25, 0.3) is 0 Å². The molecule has 0 bridgehead atoms. The number of Topliss-reactive ketones (excluding diaryl/α,β-unsaturated/α-hetero) is 1. The van der Waals surface area contributed by atoms with Gasteiger partial charge in [0.1, 0.15) is 4.33 Å². The summed E-state index contributed by atoms with van der Waals surface area (Å²) >= 11 is 14.7. The highest BCUT2D eigenvalue weighted by Crippen LogP contribution is 2.75. The molecule has 0 aromatic carbocycles. The van der Waals surface area contributed by atoms with E-state index in [0.717, 1.165) is 61.2 Å². The Hall–Kier alpha value is 0.250. The first kappa shape index (κ1) is 33.6. The minimum atomic E-state index is -0.834. The predicted octanol–water partition coefficient (Wildman–Crippen LogP) is 13.0. The highest BCUT2D eigenvalue weighted by atomic mass is 35.5. The van der Waals surface area contributed by atoms with Gasteiger partial charge in [-0.15, -0.1) is 0 Å². The van der Waals surface area contributed by atoms with Gasteiger partial charge in [-0.25, -0.2) is 0 Å². The fourth-order valence-electron chi connectivity index (χ4n) is 11.2. The summed E-state index contributed by atoms with van der Waals surface area (Å²) in [5.74, 6) is 5.79. The van der Waals surface area contributed by atoms with Crippen molar-refractivity contribution in [1.82, 2.24) is 0 Å². The zero-order valence-corrected chi connectivity index (χ0v) is 29.2. The number of carbonyl (C=O) groups excluding carboxylic acids is 1. The van der Waals surface area contributed by atoms with Gasteiger partial charge in [-0.2, -0.15) is 0 Å². The summed E-state index contributed by atoms with van der Waals surface area (Å²) in [5, 5.41) is 0. The van der Waals surface area contributed by atoms with Gasteiger partial charge >= 0.3 is 0 Å². The molecule has 5 rings (SSSR count). The quantitative estimate of drug-likeness (QED) is 0.148. The number of alkyl halides is 2. The standard InChI is InChI=1S/C39H66Cl2O/c1-3-5-7-8-9-10-11-13-31-16-20-33(21-17-31)35-24-28-38(29-25-35)36(42)37(39(38,40)41)26-22-34(23-27-37)32-18-14-30(15-19-32)12-6-4-2/h30-35H,3-29H2,1-2H3. The second-order valence-corrected chi connectivity index (χ2v) is 17.7. The summed E-state index contributed by atoms with van der Waals surface area (Å²) < 4.78 is -0.834. The van der Waals surface area contributed by atoms with Crippen LogP contribution in [0.5, 0.6) is 0 Å². The molecule has 5 saturated carbocycles. The van der Waals surface area contributed by atoms with Crippen LogP contribution in [0.25, 0.3) is 0 Å². The number of rotatable bonds is 13. The first-order valence-corrected chi connectivity index (χ1v) is 20.0. The van der Waals surface area contributed by atoms with Crippen LogP contribution >= 0.6 is 23.2 Å². The van der Waals surface area contributed by atoms with Gasteiger partial charge in [0.2, 0.25) is 0 Å². The number of hydrogen-bond acceptors (Lipinski definition) is 1. The molecule has 0 unspecified atom stereocenters. The minimum Gasteiger partial charge on any atom is -0.298 e. The number of unbranched alkanes of at least 4 members (excludes halogenated alkanes) is 7. The molecule has 0 atom stereocenters. The monoisotopic (exact) mass is 620 g/mol. The third kappa shape index (κ3) is 6.83. The van der Waals surface area contributed by atoms with E-state index in [4.69, 9.17) is 23.2 Å². The van der Waals surface area contributed by atoms with E-state index in [1.807, 2.05) is 0 Å². The van der Waals surface area contributed by atoms with Gasteiger partial charge in [0.15, 0.2) is 5.78 Å². The van der Waals surface area contributed by atoms with Crippen molar-refractivity contribution in [2.45, 2.75) is 192 Å². The Morgan fingerprint density at radius 1 is 0.500 bits per heavy atom. The van der Waals surface area contributed by atoms with Crippen LogP contribution in [-0.4, -0.2) is 10.1 Å². The highest BCUT2D eigenvalue weighted by Gasteiger charge is 2.79. The molecular weight excluding hydrogens is 555 g/mol. The lowest BCUT2D eigenvalue weighted by Crippen LogP contribution is -2.74. The summed E-state index contributed by atoms with van der Waals surface area (Å²) in [6.45, 7) is 4.62. The highest BCUT2D eigenvalue weighted by molar-refractivity contribution is 6.55. The van der Waals surface area contributed by atoms with Crippen LogP contribution in [0, 0.1) is 46.3 Å². The van der Waals surface area contributed by atoms with E-state index >= 15 is 0 Å². The molecule has 0 heterocycles. The van der Waals surface area contributed by atoms with Gasteiger partial charge in [0, 0.05) is 0 Å². The molecule has 5 aliphatic rings. The molecule has 0 radical (unpaired) electrons. The molecule has 0 saturated heterocycles. The van der Waals surface area contributed by atoms with E-state index in [2.05, 4.69) is 13.8 Å². The van der Waals surface area contributed by atoms with Crippen LogP contribution in [0.3, 0.4) is 0 Å². The van der Waals surface area contributed by atoms with Crippen LogP contribution in [0.1, 0.15) is 187 Å². The van der Waals surface area contributed by atoms with Crippen molar-refractivity contribution in [3.8, 4) is 0 Å². The van der Waals surface area contributed by atoms with Crippen molar-refractivity contribution in [3.05, 3.63) is 0 Å². The van der Waals surface area contributed by atoms with Crippen LogP contribution in [-0.2, 0) is 4.79 Å². The van der Waals surface area contributed by atoms with Gasteiger partial charge < -0.3 is 0 Å². The third-order valence-electron chi connectivity index (χ3n) is 14.1. The Bertz CT molecular complexity index is 817. The lowest BCUT2D eigenvalue weighted by atomic mass is 9.41. The molecule has 0 aliphatic heterocycles. The molecular formula is C39H66Cl2O. The van der Waals surface area contributed by atoms with Crippen LogP contribution in [0.15, 0.2) is 0 Å². The van der Waals surface area contributed by atoms with Crippen molar-refractivity contribution in [2.24, 2.45) is 46.3 Å². The van der Waals surface area contributed by atoms with Gasteiger partial charge in [-0.3, -0.25) is 4.79 Å². The summed E-state index contributed by atoms with van der Waals surface area (Å²) in [7, 11) is 0. The largest absolute Gasteiger partial charge is 0.298 e. The molecule has 0 amide bonds. The average molecular weight is 622 g/mol. The Morgan fingerprint density at radius 2 is 0.857 bits per heavy atom. The smallest absolute Gasteiger partial charge is 0.151 e. The van der Waals surface area contributed by atoms with Crippen LogP contribution in [0.2, 0.25) is 0 Å². The van der Waals surface area contributed by atoms with Crippen LogP contribution < -0.4 is 0 Å². The lowest BCUT2D eigenvalue weighted by Gasteiger charge is -2.67. The van der Waals surface area contributed by atoms with Crippen molar-refractivity contribution in [3.63, 3.8) is 0 Å². The molecule has 42 heavy (non-hydrogen) atoms. The van der Waals surface area contributed by atoms with Crippen molar-refractivity contribution < 1.29 is 4.79 Å². The molecule has 0 aromatic heterocycles. The van der Waals surface area contributed by atoms with Gasteiger partial charge in [-0.1, -0.05) is 133 Å². The molecule has 0 N–H and O–H groups in total. The Balaban J connectivity index is 1.02. The maximum Gasteiger partial charge on any atom is 0.151 e. The molecule has 1 nitrogen and oxygen atoms in total. The van der Waals surface area contributed by atoms with E-state index in [1.165, 1.54) is 148 Å². The molecule has 5 fully saturated rings. The number of carbonyl (C=O) groups is 1. The Labute approximate surface area is 270 Å². The zero-order chi connectivity index (χ0) is 29.6. The van der Waals surface area contributed by atoms with Gasteiger partial charge in [0.05, 0.1) is 10.8 Å². The second-order valence-electron chi connectivity index (χ2n) is 16.4. The lowest BCUT2D eigenvalue weighted by molar-refractivity contribution is -0.173. The maximum absolute atomic E-state index is 14.1. The fourth-order valence-corrected chi connectivity index (χ4v) is 12.3. The van der Waals surface area contributed by atoms with Crippen LogP contribution in [0.4, 0.5) is 0 Å². The SMILES string of the molecule is CCCCCCCCCC1CCC(C2CCC3(CC2)C(=O)C2(CCC(C4CCC(CCCC)CC4)CC2)C3(Cl)Cl)CC1. The Kier molecular flexibility index (Phi) is 12.2. The summed E-state index contributed by atoms with van der Waals surface area (Å²) in [6, 6.07) is 0. The number of ketones is 1. The molecule has 2 spiro atoms. The molecule has 5 aliphatic carbocycles. The maximum atomic E-state index is 14.1. The van der Waals surface area contributed by atoms with Crippen molar-refractivity contribution in [2.75, 3.05) is 0 Å². The first-order valence-electron chi connectivity index (χ1n) is 19.3. The minimum absolute atomic E-state index is 0.439. The Morgan fingerprint density at radius 3 is 1.26 bits per heavy atom. The van der Waals surface area contributed by atoms with E-state index in [0.29, 0.717) is 5.78 Å². The van der Waals surface area contributed by atoms with E-state index in [9.17, 15) is 4.79 Å². The second kappa shape index (κ2) is 15.2.